The number of allylic oxidation sites excluding steroid dienone is 1. The van der Waals surface area contributed by atoms with Crippen molar-refractivity contribution in [2.24, 2.45) is 5.41 Å². The van der Waals surface area contributed by atoms with Gasteiger partial charge >= 0.3 is 0 Å². The van der Waals surface area contributed by atoms with E-state index in [4.69, 9.17) is 4.74 Å². The summed E-state index contributed by atoms with van der Waals surface area (Å²) in [4.78, 5) is 10.1. The summed E-state index contributed by atoms with van der Waals surface area (Å²) in [5.41, 5.74) is 1.75. The molecule has 0 unspecified atom stereocenters. The standard InChI is InChI=1S/C11H18O2/c1-11(2,3)9-4-6-10(7-5-9)13-8-12/h4,8,10H,5-7H2,1-3H3/t10-/m0/s1. The lowest BCUT2D eigenvalue weighted by Crippen LogP contribution is -2.20. The predicted molar refractivity (Wildman–Crippen MR) is 52.3 cm³/mol. The molecule has 0 bridgehead atoms. The number of hydrogen-bond acceptors (Lipinski definition) is 2. The SMILES string of the molecule is CC(C)(C)C1=CC[C@H](OC=O)CC1. The van der Waals surface area contributed by atoms with Crippen LogP contribution in [0.15, 0.2) is 11.6 Å². The van der Waals surface area contributed by atoms with Crippen molar-refractivity contribution < 1.29 is 9.53 Å². The van der Waals surface area contributed by atoms with E-state index in [-0.39, 0.29) is 11.5 Å². The van der Waals surface area contributed by atoms with E-state index in [9.17, 15) is 4.79 Å². The third kappa shape index (κ3) is 2.87. The lowest BCUT2D eigenvalue weighted by Gasteiger charge is -2.28. The van der Waals surface area contributed by atoms with Crippen molar-refractivity contribution in [2.75, 3.05) is 0 Å². The summed E-state index contributed by atoms with van der Waals surface area (Å²) < 4.78 is 4.92. The van der Waals surface area contributed by atoms with Crippen LogP contribution < -0.4 is 0 Å². The average Bonchev–Trinajstić information content (AvgIpc) is 2.04. The van der Waals surface area contributed by atoms with Crippen LogP contribution in [0.4, 0.5) is 0 Å². The zero-order valence-electron chi connectivity index (χ0n) is 8.67. The smallest absolute Gasteiger partial charge is 0.293 e. The van der Waals surface area contributed by atoms with E-state index in [2.05, 4.69) is 26.8 Å². The molecule has 13 heavy (non-hydrogen) atoms. The molecule has 0 N–H and O–H groups in total. The number of rotatable bonds is 2. The minimum atomic E-state index is 0.114. The van der Waals surface area contributed by atoms with Gasteiger partial charge in [0.05, 0.1) is 0 Å². The van der Waals surface area contributed by atoms with Gasteiger partial charge in [-0.3, -0.25) is 4.79 Å². The summed E-state index contributed by atoms with van der Waals surface area (Å²) in [6.45, 7) is 7.22. The van der Waals surface area contributed by atoms with E-state index in [1.165, 1.54) is 5.57 Å². The zero-order valence-corrected chi connectivity index (χ0v) is 8.67. The fourth-order valence-electron chi connectivity index (χ4n) is 1.69. The van der Waals surface area contributed by atoms with E-state index in [0.29, 0.717) is 6.47 Å². The summed E-state index contributed by atoms with van der Waals surface area (Å²) >= 11 is 0. The molecule has 0 aromatic heterocycles. The molecule has 1 atom stereocenters. The number of carbonyl (C=O) groups is 1. The molecule has 0 aromatic rings. The van der Waals surface area contributed by atoms with Gasteiger partial charge in [0.25, 0.3) is 6.47 Å². The molecule has 0 heterocycles. The Labute approximate surface area is 80.0 Å². The van der Waals surface area contributed by atoms with Gasteiger partial charge in [0.15, 0.2) is 0 Å². The summed E-state index contributed by atoms with van der Waals surface area (Å²) in [6, 6.07) is 0. The fourth-order valence-corrected chi connectivity index (χ4v) is 1.69. The highest BCUT2D eigenvalue weighted by atomic mass is 16.5. The first-order valence-electron chi connectivity index (χ1n) is 4.82. The van der Waals surface area contributed by atoms with Crippen molar-refractivity contribution in [2.45, 2.75) is 46.1 Å². The van der Waals surface area contributed by atoms with Crippen molar-refractivity contribution in [1.82, 2.24) is 0 Å². The molecule has 1 rings (SSSR count). The van der Waals surface area contributed by atoms with Crippen molar-refractivity contribution in [1.29, 1.82) is 0 Å². The highest BCUT2D eigenvalue weighted by Gasteiger charge is 2.22. The Balaban J connectivity index is 2.52. The van der Waals surface area contributed by atoms with Crippen LogP contribution in [-0.2, 0) is 9.53 Å². The minimum Gasteiger partial charge on any atom is -0.464 e. The quantitative estimate of drug-likeness (QED) is 0.485. The van der Waals surface area contributed by atoms with Crippen LogP contribution >= 0.6 is 0 Å². The van der Waals surface area contributed by atoms with E-state index in [1.807, 2.05) is 0 Å². The molecular weight excluding hydrogens is 164 g/mol. The predicted octanol–water partition coefficient (Wildman–Crippen LogP) is 2.68. The topological polar surface area (TPSA) is 26.3 Å². The van der Waals surface area contributed by atoms with Crippen molar-refractivity contribution in [3.05, 3.63) is 11.6 Å². The third-order valence-electron chi connectivity index (χ3n) is 2.57. The molecule has 1 aliphatic carbocycles. The number of carbonyl (C=O) groups excluding carboxylic acids is 1. The molecule has 74 valence electrons. The van der Waals surface area contributed by atoms with Gasteiger partial charge < -0.3 is 4.74 Å². The van der Waals surface area contributed by atoms with Gasteiger partial charge in [0.2, 0.25) is 0 Å². The maximum Gasteiger partial charge on any atom is 0.293 e. The molecule has 2 nitrogen and oxygen atoms in total. The molecule has 1 aliphatic rings. The van der Waals surface area contributed by atoms with Crippen LogP contribution in [-0.4, -0.2) is 12.6 Å². The lowest BCUT2D eigenvalue weighted by atomic mass is 9.80. The number of ether oxygens (including phenoxy) is 1. The van der Waals surface area contributed by atoms with Gasteiger partial charge in [-0.1, -0.05) is 32.4 Å². The zero-order chi connectivity index (χ0) is 9.90. The molecule has 0 spiro atoms. The Morgan fingerprint density at radius 2 is 2.23 bits per heavy atom. The Morgan fingerprint density at radius 3 is 2.62 bits per heavy atom. The third-order valence-corrected chi connectivity index (χ3v) is 2.57. The Kier molecular flexibility index (Phi) is 3.12. The summed E-state index contributed by atoms with van der Waals surface area (Å²) in [7, 11) is 0. The number of hydrogen-bond donors (Lipinski definition) is 0. The van der Waals surface area contributed by atoms with Crippen molar-refractivity contribution in [3.8, 4) is 0 Å². The van der Waals surface area contributed by atoms with Crippen LogP contribution in [0, 0.1) is 5.41 Å². The van der Waals surface area contributed by atoms with Gasteiger partial charge in [-0.05, 0) is 18.3 Å². The highest BCUT2D eigenvalue weighted by molar-refractivity contribution is 5.37. The molecule has 0 aliphatic heterocycles. The molecule has 0 amide bonds. The largest absolute Gasteiger partial charge is 0.464 e. The highest BCUT2D eigenvalue weighted by Crippen LogP contribution is 2.33. The van der Waals surface area contributed by atoms with Crippen LogP contribution in [0.5, 0.6) is 0 Å². The van der Waals surface area contributed by atoms with Crippen LogP contribution in [0.1, 0.15) is 40.0 Å². The molecule has 0 aromatic carbocycles. The minimum absolute atomic E-state index is 0.114. The van der Waals surface area contributed by atoms with E-state index >= 15 is 0 Å². The molecule has 0 saturated heterocycles. The maximum atomic E-state index is 10.1. The van der Waals surface area contributed by atoms with Crippen LogP contribution in [0.25, 0.3) is 0 Å². The maximum absolute atomic E-state index is 10.1. The molecule has 0 saturated carbocycles. The monoisotopic (exact) mass is 182 g/mol. The van der Waals surface area contributed by atoms with Gasteiger partial charge in [0, 0.05) is 6.42 Å². The molecule has 2 heteroatoms. The first-order chi connectivity index (χ1) is 6.04. The van der Waals surface area contributed by atoms with Crippen LogP contribution in [0.3, 0.4) is 0 Å². The van der Waals surface area contributed by atoms with E-state index < -0.39 is 0 Å². The normalized spacial score (nSPS) is 23.6. The fraction of sp³-hybridized carbons (Fsp3) is 0.727. The Hall–Kier alpha value is -0.790. The summed E-state index contributed by atoms with van der Waals surface area (Å²) in [6.07, 6.45) is 5.25. The Morgan fingerprint density at radius 1 is 1.54 bits per heavy atom. The average molecular weight is 182 g/mol. The molecule has 0 fully saturated rings. The first kappa shape index (κ1) is 10.3. The second-order valence-electron chi connectivity index (χ2n) is 4.61. The van der Waals surface area contributed by atoms with Gasteiger partial charge in [-0.25, -0.2) is 0 Å². The Bertz CT molecular complexity index is 211. The summed E-state index contributed by atoms with van der Waals surface area (Å²) in [5, 5.41) is 0. The van der Waals surface area contributed by atoms with Gasteiger partial charge in [-0.15, -0.1) is 0 Å². The van der Waals surface area contributed by atoms with Gasteiger partial charge in [-0.2, -0.15) is 0 Å². The lowest BCUT2D eigenvalue weighted by molar-refractivity contribution is -0.133. The van der Waals surface area contributed by atoms with E-state index in [1.54, 1.807) is 0 Å². The summed E-state index contributed by atoms with van der Waals surface area (Å²) in [5.74, 6) is 0. The van der Waals surface area contributed by atoms with Crippen LogP contribution in [0.2, 0.25) is 0 Å². The second kappa shape index (κ2) is 3.95. The van der Waals surface area contributed by atoms with Gasteiger partial charge in [0.1, 0.15) is 6.10 Å². The van der Waals surface area contributed by atoms with Crippen molar-refractivity contribution in [3.63, 3.8) is 0 Å². The van der Waals surface area contributed by atoms with Crippen molar-refractivity contribution >= 4 is 6.47 Å². The first-order valence-corrected chi connectivity index (χ1v) is 4.82. The molecular formula is C11H18O2. The second-order valence-corrected chi connectivity index (χ2v) is 4.61. The van der Waals surface area contributed by atoms with E-state index in [0.717, 1.165) is 19.3 Å². The molecule has 0 radical (unpaired) electrons.